The summed E-state index contributed by atoms with van der Waals surface area (Å²) in [4.78, 5) is 14.7. The summed E-state index contributed by atoms with van der Waals surface area (Å²) in [6, 6.07) is 0.305. The van der Waals surface area contributed by atoms with E-state index < -0.39 is 5.60 Å². The van der Waals surface area contributed by atoms with Gasteiger partial charge in [0.15, 0.2) is 0 Å². The highest BCUT2D eigenvalue weighted by Gasteiger charge is 2.43. The quantitative estimate of drug-likeness (QED) is 0.740. The van der Waals surface area contributed by atoms with Crippen molar-refractivity contribution < 1.29 is 9.53 Å². The molecule has 0 aromatic heterocycles. The van der Waals surface area contributed by atoms with Crippen LogP contribution >= 0.6 is 11.6 Å². The summed E-state index contributed by atoms with van der Waals surface area (Å²) in [5.41, 5.74) is -0.578. The van der Waals surface area contributed by atoms with Crippen molar-refractivity contribution in [2.75, 3.05) is 13.2 Å². The van der Waals surface area contributed by atoms with Gasteiger partial charge in [-0.2, -0.15) is 0 Å². The Morgan fingerprint density at radius 2 is 2.28 bits per heavy atom. The molecule has 0 saturated carbocycles. The van der Waals surface area contributed by atoms with Gasteiger partial charge >= 0.3 is 0 Å². The highest BCUT2D eigenvalue weighted by Crippen LogP contribution is 2.31. The minimum absolute atomic E-state index is 0.126. The molecule has 2 aliphatic heterocycles. The molecule has 3 atom stereocenters. The van der Waals surface area contributed by atoms with E-state index in [4.69, 9.17) is 16.3 Å². The lowest BCUT2D eigenvalue weighted by molar-refractivity contribution is -0.155. The third kappa shape index (κ3) is 3.00. The molecule has 2 aliphatic rings. The first-order chi connectivity index (χ1) is 8.53. The Bertz CT molecular complexity index is 300. The molecule has 18 heavy (non-hydrogen) atoms. The summed E-state index contributed by atoms with van der Waals surface area (Å²) in [7, 11) is 0. The lowest BCUT2D eigenvalue weighted by Crippen LogP contribution is -2.53. The number of likely N-dealkylation sites (tertiary alicyclic amines) is 1. The third-order valence-electron chi connectivity index (χ3n) is 4.16. The number of rotatable bonds is 3. The van der Waals surface area contributed by atoms with Gasteiger partial charge in [-0.15, -0.1) is 11.6 Å². The van der Waals surface area contributed by atoms with Crippen molar-refractivity contribution in [3.8, 4) is 0 Å². The molecule has 0 bridgehead atoms. The van der Waals surface area contributed by atoms with Crippen LogP contribution in [0.1, 0.15) is 52.4 Å². The van der Waals surface area contributed by atoms with E-state index in [-0.39, 0.29) is 11.3 Å². The SMILES string of the molecule is CC(Cl)CC1CCCCN1C(=O)C1(C)CCCO1. The molecule has 0 radical (unpaired) electrons. The van der Waals surface area contributed by atoms with Crippen LogP contribution in [0.3, 0.4) is 0 Å². The van der Waals surface area contributed by atoms with Crippen LogP contribution in [0.25, 0.3) is 0 Å². The van der Waals surface area contributed by atoms with Gasteiger partial charge in [0.2, 0.25) is 0 Å². The van der Waals surface area contributed by atoms with Crippen molar-refractivity contribution >= 4 is 17.5 Å². The number of carbonyl (C=O) groups is 1. The highest BCUT2D eigenvalue weighted by atomic mass is 35.5. The van der Waals surface area contributed by atoms with Crippen molar-refractivity contribution in [2.45, 2.75) is 69.4 Å². The fourth-order valence-corrected chi connectivity index (χ4v) is 3.35. The molecule has 0 aliphatic carbocycles. The molecule has 0 aromatic rings. The van der Waals surface area contributed by atoms with Crippen LogP contribution in [0.2, 0.25) is 0 Å². The molecule has 104 valence electrons. The number of piperidine rings is 1. The molecule has 2 heterocycles. The minimum atomic E-state index is -0.578. The summed E-state index contributed by atoms with van der Waals surface area (Å²) >= 11 is 6.11. The van der Waals surface area contributed by atoms with Gasteiger partial charge in [0.1, 0.15) is 5.60 Å². The normalized spacial score (nSPS) is 34.6. The first-order valence-electron chi connectivity index (χ1n) is 7.12. The van der Waals surface area contributed by atoms with E-state index in [1.807, 2.05) is 18.7 Å². The van der Waals surface area contributed by atoms with Crippen LogP contribution in [-0.2, 0) is 9.53 Å². The van der Waals surface area contributed by atoms with E-state index in [1.54, 1.807) is 0 Å². The molecule has 2 saturated heterocycles. The highest BCUT2D eigenvalue weighted by molar-refractivity contribution is 6.20. The van der Waals surface area contributed by atoms with Crippen LogP contribution in [0, 0.1) is 0 Å². The fourth-order valence-electron chi connectivity index (χ4n) is 3.14. The predicted octanol–water partition coefficient (Wildman–Crippen LogP) is 2.95. The Kier molecular flexibility index (Phi) is 4.54. The summed E-state index contributed by atoms with van der Waals surface area (Å²) in [6.45, 7) is 5.53. The number of ether oxygens (including phenoxy) is 1. The van der Waals surface area contributed by atoms with Crippen molar-refractivity contribution in [2.24, 2.45) is 0 Å². The maximum absolute atomic E-state index is 12.7. The molecule has 2 fully saturated rings. The molecule has 3 unspecified atom stereocenters. The van der Waals surface area contributed by atoms with Gasteiger partial charge in [-0.05, 0) is 52.4 Å². The zero-order chi connectivity index (χ0) is 13.2. The van der Waals surface area contributed by atoms with Crippen molar-refractivity contribution in [3.63, 3.8) is 0 Å². The van der Waals surface area contributed by atoms with E-state index >= 15 is 0 Å². The molecule has 0 spiro atoms. The fraction of sp³-hybridized carbons (Fsp3) is 0.929. The number of alkyl halides is 1. The zero-order valence-electron chi connectivity index (χ0n) is 11.5. The standard InChI is InChI=1S/C14H24ClNO2/c1-11(15)10-12-6-3-4-8-16(12)13(17)14(2)7-5-9-18-14/h11-12H,3-10H2,1-2H3. The molecular weight excluding hydrogens is 250 g/mol. The average Bonchev–Trinajstić information content (AvgIpc) is 2.76. The Labute approximate surface area is 115 Å². The molecule has 1 amide bonds. The van der Waals surface area contributed by atoms with Crippen LogP contribution in [-0.4, -0.2) is 41.0 Å². The number of hydrogen-bond donors (Lipinski definition) is 0. The van der Waals surface area contributed by atoms with Crippen molar-refractivity contribution in [3.05, 3.63) is 0 Å². The second kappa shape index (κ2) is 5.79. The van der Waals surface area contributed by atoms with E-state index in [2.05, 4.69) is 0 Å². The monoisotopic (exact) mass is 273 g/mol. The van der Waals surface area contributed by atoms with E-state index in [0.717, 1.165) is 38.6 Å². The minimum Gasteiger partial charge on any atom is -0.365 e. The largest absolute Gasteiger partial charge is 0.365 e. The van der Waals surface area contributed by atoms with Crippen molar-refractivity contribution in [1.29, 1.82) is 0 Å². The predicted molar refractivity (Wildman–Crippen MR) is 72.9 cm³/mol. The van der Waals surface area contributed by atoms with Crippen LogP contribution in [0.5, 0.6) is 0 Å². The number of halogens is 1. The topological polar surface area (TPSA) is 29.5 Å². The Balaban J connectivity index is 2.05. The molecule has 0 N–H and O–H groups in total. The van der Waals surface area contributed by atoms with Crippen LogP contribution in [0.15, 0.2) is 0 Å². The Morgan fingerprint density at radius 1 is 1.50 bits per heavy atom. The van der Waals surface area contributed by atoms with E-state index in [0.29, 0.717) is 12.6 Å². The number of nitrogens with zero attached hydrogens (tertiary/aromatic N) is 1. The van der Waals surface area contributed by atoms with E-state index in [1.165, 1.54) is 6.42 Å². The van der Waals surface area contributed by atoms with Gasteiger partial charge in [-0.25, -0.2) is 0 Å². The van der Waals surface area contributed by atoms with E-state index in [9.17, 15) is 4.79 Å². The third-order valence-corrected chi connectivity index (χ3v) is 4.33. The van der Waals surface area contributed by atoms with Gasteiger partial charge in [0.25, 0.3) is 5.91 Å². The smallest absolute Gasteiger partial charge is 0.254 e. The molecule has 3 nitrogen and oxygen atoms in total. The number of amides is 1. The second-order valence-corrected chi connectivity index (χ2v) is 6.59. The Hall–Kier alpha value is -0.280. The summed E-state index contributed by atoms with van der Waals surface area (Å²) in [5, 5.41) is 0.126. The van der Waals surface area contributed by atoms with Gasteiger partial charge < -0.3 is 9.64 Å². The molecule has 0 aromatic carbocycles. The van der Waals surface area contributed by atoms with Gasteiger partial charge in [0.05, 0.1) is 0 Å². The second-order valence-electron chi connectivity index (χ2n) is 5.85. The lowest BCUT2D eigenvalue weighted by Gasteiger charge is -2.40. The summed E-state index contributed by atoms with van der Waals surface area (Å²) in [5.74, 6) is 0.182. The number of carbonyl (C=O) groups excluding carboxylic acids is 1. The number of hydrogen-bond acceptors (Lipinski definition) is 2. The van der Waals surface area contributed by atoms with Gasteiger partial charge in [-0.1, -0.05) is 0 Å². The summed E-state index contributed by atoms with van der Waals surface area (Å²) < 4.78 is 5.68. The first kappa shape index (κ1) is 14.1. The maximum Gasteiger partial charge on any atom is 0.254 e. The summed E-state index contributed by atoms with van der Waals surface area (Å²) in [6.07, 6.45) is 6.13. The maximum atomic E-state index is 12.7. The van der Waals surface area contributed by atoms with Gasteiger partial charge in [0, 0.05) is 24.6 Å². The first-order valence-corrected chi connectivity index (χ1v) is 7.56. The van der Waals surface area contributed by atoms with Gasteiger partial charge in [-0.3, -0.25) is 4.79 Å². The molecular formula is C14H24ClNO2. The Morgan fingerprint density at radius 3 is 2.89 bits per heavy atom. The average molecular weight is 274 g/mol. The van der Waals surface area contributed by atoms with Crippen LogP contribution in [0.4, 0.5) is 0 Å². The van der Waals surface area contributed by atoms with Crippen LogP contribution < -0.4 is 0 Å². The lowest BCUT2D eigenvalue weighted by atomic mass is 9.93. The molecule has 2 rings (SSSR count). The molecule has 4 heteroatoms. The zero-order valence-corrected chi connectivity index (χ0v) is 12.2. The van der Waals surface area contributed by atoms with Crippen molar-refractivity contribution in [1.82, 2.24) is 4.90 Å².